The predicted molar refractivity (Wildman–Crippen MR) is 248 cm³/mol. The van der Waals surface area contributed by atoms with Gasteiger partial charge in [-0.1, -0.05) is 66.7 Å². The van der Waals surface area contributed by atoms with Crippen molar-refractivity contribution in [3.05, 3.63) is 126 Å². The number of para-hydroxylation sites is 2. The van der Waals surface area contributed by atoms with Gasteiger partial charge in [-0.2, -0.15) is 0 Å². The smallest absolute Gasteiger partial charge is 0.243 e. The minimum Gasteiger partial charge on any atom is -0.361 e. The zero-order valence-corrected chi connectivity index (χ0v) is 36.9. The summed E-state index contributed by atoms with van der Waals surface area (Å²) in [7, 11) is 0. The summed E-state index contributed by atoms with van der Waals surface area (Å²) in [4.78, 5) is 96.4. The van der Waals surface area contributed by atoms with Crippen LogP contribution in [0.1, 0.15) is 61.2 Å². The summed E-state index contributed by atoms with van der Waals surface area (Å²) in [5, 5.41) is 15.8. The number of unbranched alkanes of at least 4 members (excludes halogenated alkanes) is 1. The molecule has 17 nitrogen and oxygen atoms in total. The van der Waals surface area contributed by atoms with E-state index in [1.807, 2.05) is 85.8 Å². The van der Waals surface area contributed by atoms with Crippen LogP contribution in [0.25, 0.3) is 21.8 Å². The Hall–Kier alpha value is -7.11. The third kappa shape index (κ3) is 12.8. The van der Waals surface area contributed by atoms with Gasteiger partial charge in [-0.25, -0.2) is 4.98 Å². The maximum Gasteiger partial charge on any atom is 0.243 e. The average Bonchev–Trinajstić information content (AvgIpc) is 4.04. The van der Waals surface area contributed by atoms with Gasteiger partial charge in [-0.15, -0.1) is 0 Å². The second kappa shape index (κ2) is 22.5. The summed E-state index contributed by atoms with van der Waals surface area (Å²) < 4.78 is 0. The maximum atomic E-state index is 14.5. The fourth-order valence-electron chi connectivity index (χ4n) is 7.90. The van der Waals surface area contributed by atoms with E-state index in [9.17, 15) is 28.8 Å². The molecule has 65 heavy (non-hydrogen) atoms. The van der Waals surface area contributed by atoms with Gasteiger partial charge in [-0.3, -0.25) is 28.8 Å². The fourth-order valence-corrected chi connectivity index (χ4v) is 7.90. The number of aromatic nitrogens is 4. The highest BCUT2D eigenvalue weighted by atomic mass is 16.2. The molecule has 0 fully saturated rings. The maximum absolute atomic E-state index is 14.5. The molecular formula is C48H59N11O6. The number of H-pyrrole nitrogens is 3. The highest BCUT2D eigenvalue weighted by Crippen LogP contribution is 2.24. The summed E-state index contributed by atoms with van der Waals surface area (Å²) in [5.41, 5.74) is 17.4. The monoisotopic (exact) mass is 885 g/mol. The number of benzene rings is 3. The van der Waals surface area contributed by atoms with Crippen molar-refractivity contribution in [3.8, 4) is 0 Å². The van der Waals surface area contributed by atoms with Crippen LogP contribution in [-0.4, -0.2) is 98.1 Å². The van der Waals surface area contributed by atoms with Gasteiger partial charge in [0.2, 0.25) is 29.5 Å². The lowest BCUT2D eigenvalue weighted by molar-refractivity contribution is -0.134. The van der Waals surface area contributed by atoms with E-state index in [0.29, 0.717) is 31.5 Å². The molecule has 0 saturated carbocycles. The van der Waals surface area contributed by atoms with Crippen LogP contribution in [0.5, 0.6) is 0 Å². The zero-order valence-electron chi connectivity index (χ0n) is 36.9. The van der Waals surface area contributed by atoms with Crippen molar-refractivity contribution >= 4 is 57.1 Å². The van der Waals surface area contributed by atoms with Crippen LogP contribution in [0.4, 0.5) is 0 Å². The highest BCUT2D eigenvalue weighted by molar-refractivity contribution is 5.97. The molecule has 0 spiro atoms. The first-order valence-corrected chi connectivity index (χ1v) is 21.9. The van der Waals surface area contributed by atoms with E-state index < -0.39 is 65.8 Å². The molecule has 0 aliphatic carbocycles. The lowest BCUT2D eigenvalue weighted by atomic mass is 10.0. The number of fused-ring (bicyclic) bond motifs is 2. The second-order valence-electron chi connectivity index (χ2n) is 16.5. The number of aromatic amines is 3. The van der Waals surface area contributed by atoms with Crippen molar-refractivity contribution in [2.75, 3.05) is 6.54 Å². The summed E-state index contributed by atoms with van der Waals surface area (Å²) in [6.45, 7) is 5.21. The van der Waals surface area contributed by atoms with E-state index in [0.717, 1.165) is 44.2 Å². The Morgan fingerprint density at radius 2 is 1.25 bits per heavy atom. The number of rotatable bonds is 23. The Morgan fingerprint density at radius 1 is 0.646 bits per heavy atom. The molecule has 0 unspecified atom stereocenters. The number of aryl methyl sites for hydroxylation is 1. The van der Waals surface area contributed by atoms with Crippen LogP contribution in [0.15, 0.2) is 97.6 Å². The van der Waals surface area contributed by atoms with Gasteiger partial charge in [0.25, 0.3) is 0 Å². The number of ketones is 1. The second-order valence-corrected chi connectivity index (χ2v) is 16.5. The third-order valence-corrected chi connectivity index (χ3v) is 11.6. The summed E-state index contributed by atoms with van der Waals surface area (Å²) in [5.74, 6) is -3.37. The molecular weight excluding hydrogens is 827 g/mol. The molecule has 0 radical (unpaired) electrons. The molecule has 0 aliphatic heterocycles. The van der Waals surface area contributed by atoms with Crippen LogP contribution in [0, 0.1) is 6.92 Å². The Kier molecular flexibility index (Phi) is 16.4. The number of amides is 5. The lowest BCUT2D eigenvalue weighted by Crippen LogP contribution is -2.59. The molecule has 6 atom stereocenters. The Balaban J connectivity index is 1.23. The molecule has 6 aromatic rings. The molecule has 342 valence electrons. The van der Waals surface area contributed by atoms with Crippen LogP contribution in [-0.2, 0) is 54.5 Å². The molecule has 12 N–H and O–H groups in total. The Bertz CT molecular complexity index is 2570. The summed E-state index contributed by atoms with van der Waals surface area (Å²) in [6, 6.07) is 17.8. The molecule has 3 aromatic heterocycles. The minimum atomic E-state index is -1.23. The zero-order chi connectivity index (χ0) is 46.5. The number of hydrogen-bond acceptors (Lipinski definition) is 9. The molecule has 5 amide bonds. The molecule has 0 bridgehead atoms. The van der Waals surface area contributed by atoms with E-state index in [4.69, 9.17) is 11.5 Å². The van der Waals surface area contributed by atoms with Crippen LogP contribution in [0.3, 0.4) is 0 Å². The number of hydrogen-bond donors (Lipinski definition) is 10. The first-order valence-electron chi connectivity index (χ1n) is 21.9. The van der Waals surface area contributed by atoms with E-state index in [1.54, 1.807) is 12.4 Å². The lowest BCUT2D eigenvalue weighted by Gasteiger charge is -2.26. The van der Waals surface area contributed by atoms with Crippen molar-refractivity contribution < 1.29 is 28.8 Å². The van der Waals surface area contributed by atoms with Crippen LogP contribution in [0.2, 0.25) is 0 Å². The Labute approximate surface area is 377 Å². The standard InChI is InChI=1S/C48H59N11O6/c1-28-36(35-16-8-10-19-40(35)54-28)24-43(58-45(62)37(50)23-33-26-51-27-53-33)46(63)55-29(2)44(61)57-42(22-32-25-52-39-18-9-7-15-34(32)39)48(65)59-41(21-31-13-5-4-6-14-31)47(64)56-38(30(3)60)17-11-12-20-49/h4-10,13-16,18-19,25-27,29,37-38,41-43,52,54H,11-12,17,20-24,49-50H2,1-3H3,(H,51,53)(H,55,63)(H,56,64)(H,57,61)(H,58,62)(H,59,65)/t29-,37-,38-,41+,42-,43+/m0/s1. The van der Waals surface area contributed by atoms with Gasteiger partial charge in [-0.05, 0) is 75.4 Å². The Morgan fingerprint density at radius 3 is 1.94 bits per heavy atom. The first kappa shape index (κ1) is 47.4. The number of nitrogens with one attached hydrogen (secondary N) is 8. The van der Waals surface area contributed by atoms with Crippen molar-refractivity contribution in [2.24, 2.45) is 11.5 Å². The number of nitrogens with two attached hydrogens (primary N) is 2. The largest absolute Gasteiger partial charge is 0.361 e. The topological polar surface area (TPSA) is 275 Å². The van der Waals surface area contributed by atoms with Gasteiger partial charge in [0.05, 0.1) is 18.4 Å². The SMILES string of the molecule is CC(=O)[C@H](CCCCN)NC(=O)[C@@H](Cc1ccccc1)NC(=O)[C@H](Cc1c[nH]c2ccccc12)NC(=O)[C@H](C)NC(=O)[C@@H](Cc1c(C)[nH]c2ccccc12)NC(=O)[C@@H](N)Cc1cnc[nH]1. The number of carbonyl (C=O) groups excluding carboxylic acids is 6. The molecule has 3 heterocycles. The van der Waals surface area contributed by atoms with Crippen LogP contribution < -0.4 is 38.1 Å². The molecule has 3 aromatic carbocycles. The summed E-state index contributed by atoms with van der Waals surface area (Å²) in [6.07, 6.45) is 6.82. The van der Waals surface area contributed by atoms with E-state index in [-0.39, 0.29) is 31.5 Å². The molecule has 0 aliphatic rings. The predicted octanol–water partition coefficient (Wildman–Crippen LogP) is 2.44. The quantitative estimate of drug-likeness (QED) is 0.0423. The van der Waals surface area contributed by atoms with Gasteiger partial charge in [0.1, 0.15) is 24.2 Å². The first-order chi connectivity index (χ1) is 31.3. The molecule has 6 rings (SSSR count). The molecule has 0 saturated heterocycles. The fraction of sp³-hybridized carbons (Fsp3) is 0.354. The molecule has 17 heteroatoms. The van der Waals surface area contributed by atoms with Gasteiger partial charge < -0.3 is 53.0 Å². The van der Waals surface area contributed by atoms with Gasteiger partial charge >= 0.3 is 0 Å². The summed E-state index contributed by atoms with van der Waals surface area (Å²) >= 11 is 0. The normalized spacial score (nSPS) is 14.1. The van der Waals surface area contributed by atoms with E-state index >= 15 is 0 Å². The third-order valence-electron chi connectivity index (χ3n) is 11.6. The number of carbonyl (C=O) groups is 6. The minimum absolute atomic E-state index is 0.0177. The number of Topliss-reactive ketones (excluding diaryl/α,β-unsaturated/α-hetero) is 1. The van der Waals surface area contributed by atoms with Gasteiger partial charge in [0, 0.05) is 71.3 Å². The average molecular weight is 886 g/mol. The van der Waals surface area contributed by atoms with Crippen molar-refractivity contribution in [3.63, 3.8) is 0 Å². The van der Waals surface area contributed by atoms with E-state index in [1.165, 1.54) is 20.2 Å². The number of nitrogens with zero attached hydrogens (tertiary/aromatic N) is 1. The number of imidazole rings is 1. The van der Waals surface area contributed by atoms with Gasteiger partial charge in [0.15, 0.2) is 5.78 Å². The van der Waals surface area contributed by atoms with Crippen molar-refractivity contribution in [1.82, 2.24) is 46.5 Å². The van der Waals surface area contributed by atoms with Crippen molar-refractivity contribution in [2.45, 2.75) is 102 Å². The van der Waals surface area contributed by atoms with E-state index in [2.05, 4.69) is 46.5 Å². The van der Waals surface area contributed by atoms with Crippen molar-refractivity contribution in [1.29, 1.82) is 0 Å². The highest BCUT2D eigenvalue weighted by Gasteiger charge is 2.33. The van der Waals surface area contributed by atoms with Crippen LogP contribution >= 0.6 is 0 Å².